The van der Waals surface area contributed by atoms with Crippen LogP contribution in [0.3, 0.4) is 0 Å². The molecule has 1 aliphatic rings. The Balaban J connectivity index is 2.65. The summed E-state index contributed by atoms with van der Waals surface area (Å²) in [4.78, 5) is 9.77. The van der Waals surface area contributed by atoms with Gasteiger partial charge in [0.25, 0.3) is 5.69 Å². The van der Waals surface area contributed by atoms with Gasteiger partial charge in [-0.05, 0) is 12.1 Å². The number of nitrogens with zero attached hydrogens (tertiary/aromatic N) is 1. The maximum absolute atomic E-state index is 11.7. The first kappa shape index (κ1) is 10.8. The molecule has 0 atom stereocenters. The largest absolute Gasteiger partial charge is 0.391 e. The lowest BCUT2D eigenvalue weighted by Gasteiger charge is -1.99. The van der Waals surface area contributed by atoms with Crippen molar-refractivity contribution in [2.75, 3.05) is 6.61 Å². The van der Waals surface area contributed by atoms with Crippen LogP contribution >= 0.6 is 0 Å². The molecule has 0 bridgehead atoms. The van der Waals surface area contributed by atoms with Crippen LogP contribution in [-0.4, -0.2) is 25.1 Å². The van der Waals surface area contributed by atoms with Crippen molar-refractivity contribution in [2.24, 2.45) is 0 Å². The zero-order valence-electron chi connectivity index (χ0n) is 7.95. The molecule has 0 saturated carbocycles. The maximum Gasteiger partial charge on any atom is 0.270 e. The summed E-state index contributed by atoms with van der Waals surface area (Å²) in [5.41, 5.74) is 0.0719. The minimum absolute atomic E-state index is 0.00199. The second kappa shape index (κ2) is 3.39. The predicted octanol–water partition coefficient (Wildman–Crippen LogP) is 0.715. The summed E-state index contributed by atoms with van der Waals surface area (Å²) in [5.74, 6) is 0. The van der Waals surface area contributed by atoms with Gasteiger partial charge in [-0.3, -0.25) is 10.1 Å². The van der Waals surface area contributed by atoms with Crippen molar-refractivity contribution in [3.63, 3.8) is 0 Å². The van der Waals surface area contributed by atoms with Gasteiger partial charge in [0.05, 0.1) is 21.3 Å². The number of nitro benzene ring substituents is 1. The van der Waals surface area contributed by atoms with Gasteiger partial charge >= 0.3 is 0 Å². The van der Waals surface area contributed by atoms with E-state index in [1.165, 1.54) is 18.2 Å². The van der Waals surface area contributed by atoms with Gasteiger partial charge in [0, 0.05) is 17.7 Å². The smallest absolute Gasteiger partial charge is 0.270 e. The van der Waals surface area contributed by atoms with Crippen molar-refractivity contribution >= 4 is 21.6 Å². The fraction of sp³-hybridized carbons (Fsp3) is 0.111. The van der Waals surface area contributed by atoms with E-state index in [0.717, 1.165) is 6.07 Å². The second-order valence-electron chi connectivity index (χ2n) is 3.25. The number of fused-ring (bicyclic) bond motifs is 1. The Hall–Kier alpha value is -1.73. The third-order valence-electron chi connectivity index (χ3n) is 2.31. The third kappa shape index (κ3) is 1.41. The standard InChI is InChI=1S/C9H7NO5S/c11-5-8-4-6-3-7(10(12)13)1-2-9(6)16(8,14)15/h1-4,11H,5H2. The first-order valence-corrected chi connectivity index (χ1v) is 5.80. The van der Waals surface area contributed by atoms with Gasteiger partial charge in [0.15, 0.2) is 0 Å². The molecule has 16 heavy (non-hydrogen) atoms. The Labute approximate surface area is 90.9 Å². The number of hydrogen-bond acceptors (Lipinski definition) is 5. The number of sulfone groups is 1. The number of rotatable bonds is 2. The molecule has 0 amide bonds. The lowest BCUT2D eigenvalue weighted by atomic mass is 10.2. The molecular formula is C9H7NO5S. The van der Waals surface area contributed by atoms with E-state index in [1.54, 1.807) is 0 Å². The van der Waals surface area contributed by atoms with Crippen molar-refractivity contribution in [1.29, 1.82) is 0 Å². The molecule has 1 aliphatic heterocycles. The lowest BCUT2D eigenvalue weighted by Crippen LogP contribution is -2.03. The topological polar surface area (TPSA) is 97.5 Å². The molecule has 0 saturated heterocycles. The van der Waals surface area contributed by atoms with Crippen LogP contribution in [0.25, 0.3) is 6.08 Å². The van der Waals surface area contributed by atoms with E-state index in [4.69, 9.17) is 5.11 Å². The van der Waals surface area contributed by atoms with E-state index in [9.17, 15) is 18.5 Å². The number of benzene rings is 1. The van der Waals surface area contributed by atoms with Crippen LogP contribution in [0.5, 0.6) is 0 Å². The zero-order chi connectivity index (χ0) is 11.9. The molecule has 1 heterocycles. The second-order valence-corrected chi connectivity index (χ2v) is 5.22. The van der Waals surface area contributed by atoms with Gasteiger partial charge in [-0.2, -0.15) is 0 Å². The number of nitro groups is 1. The van der Waals surface area contributed by atoms with Gasteiger partial charge in [-0.25, -0.2) is 8.42 Å². The highest BCUT2D eigenvalue weighted by Gasteiger charge is 2.30. The highest BCUT2D eigenvalue weighted by atomic mass is 32.2. The summed E-state index contributed by atoms with van der Waals surface area (Å²) >= 11 is 0. The van der Waals surface area contributed by atoms with Crippen molar-refractivity contribution in [3.8, 4) is 0 Å². The Morgan fingerprint density at radius 3 is 2.62 bits per heavy atom. The Morgan fingerprint density at radius 1 is 1.38 bits per heavy atom. The quantitative estimate of drug-likeness (QED) is 0.607. The summed E-state index contributed by atoms with van der Waals surface area (Å²) in [6, 6.07) is 3.49. The highest BCUT2D eigenvalue weighted by molar-refractivity contribution is 7.95. The average molecular weight is 241 g/mol. The first-order valence-electron chi connectivity index (χ1n) is 4.32. The SMILES string of the molecule is O=[N+]([O-])c1ccc2c(c1)C=C(CO)S2(=O)=O. The molecule has 2 rings (SSSR count). The highest BCUT2D eigenvalue weighted by Crippen LogP contribution is 2.34. The summed E-state index contributed by atoms with van der Waals surface area (Å²) < 4.78 is 23.4. The normalized spacial score (nSPS) is 16.7. The molecule has 1 aromatic carbocycles. The summed E-state index contributed by atoms with van der Waals surface area (Å²) in [7, 11) is -3.65. The number of hydrogen-bond donors (Lipinski definition) is 1. The summed E-state index contributed by atoms with van der Waals surface area (Å²) in [6.45, 7) is -0.606. The molecule has 0 fully saturated rings. The van der Waals surface area contributed by atoms with Gasteiger partial charge in [0.1, 0.15) is 0 Å². The van der Waals surface area contributed by atoms with E-state index in [0.29, 0.717) is 0 Å². The van der Waals surface area contributed by atoms with Crippen molar-refractivity contribution in [3.05, 3.63) is 38.8 Å². The van der Waals surface area contributed by atoms with Crippen molar-refractivity contribution in [1.82, 2.24) is 0 Å². The van der Waals surface area contributed by atoms with Crippen LogP contribution < -0.4 is 0 Å². The van der Waals surface area contributed by atoms with E-state index >= 15 is 0 Å². The lowest BCUT2D eigenvalue weighted by molar-refractivity contribution is -0.384. The van der Waals surface area contributed by atoms with Crippen molar-refractivity contribution in [2.45, 2.75) is 4.90 Å². The fourth-order valence-electron chi connectivity index (χ4n) is 1.53. The van der Waals surface area contributed by atoms with E-state index in [-0.39, 0.29) is 21.1 Å². The number of aliphatic hydroxyl groups is 1. The van der Waals surface area contributed by atoms with Crippen LogP contribution in [-0.2, 0) is 9.84 Å². The molecule has 7 heteroatoms. The van der Waals surface area contributed by atoms with Gasteiger partial charge < -0.3 is 5.11 Å². The van der Waals surface area contributed by atoms with Crippen LogP contribution in [0.2, 0.25) is 0 Å². The molecule has 0 radical (unpaired) electrons. The monoisotopic (exact) mass is 241 g/mol. The average Bonchev–Trinajstić information content (AvgIpc) is 2.49. The molecular weight excluding hydrogens is 234 g/mol. The van der Waals surface area contributed by atoms with Crippen LogP contribution in [0, 0.1) is 10.1 Å². The summed E-state index contributed by atoms with van der Waals surface area (Å²) in [6.07, 6.45) is 1.25. The van der Waals surface area contributed by atoms with Crippen LogP contribution in [0.15, 0.2) is 28.0 Å². The van der Waals surface area contributed by atoms with Crippen LogP contribution in [0.1, 0.15) is 5.56 Å². The van der Waals surface area contributed by atoms with E-state index in [2.05, 4.69) is 0 Å². The minimum atomic E-state index is -3.65. The molecule has 0 aromatic heterocycles. The molecule has 1 aromatic rings. The first-order chi connectivity index (χ1) is 7.46. The Kier molecular flexibility index (Phi) is 2.28. The Morgan fingerprint density at radius 2 is 2.06 bits per heavy atom. The molecule has 0 spiro atoms. The minimum Gasteiger partial charge on any atom is -0.391 e. The third-order valence-corrected chi connectivity index (χ3v) is 4.20. The molecule has 0 aliphatic carbocycles. The Bertz CT molecular complexity index is 602. The van der Waals surface area contributed by atoms with Gasteiger partial charge in [0.2, 0.25) is 9.84 Å². The zero-order valence-corrected chi connectivity index (χ0v) is 8.77. The van der Waals surface area contributed by atoms with Crippen LogP contribution in [0.4, 0.5) is 5.69 Å². The molecule has 1 N–H and O–H groups in total. The molecule has 84 valence electrons. The van der Waals surface area contributed by atoms with Gasteiger partial charge in [-0.1, -0.05) is 0 Å². The predicted molar refractivity (Wildman–Crippen MR) is 55.3 cm³/mol. The molecule has 6 nitrogen and oxygen atoms in total. The fourth-order valence-corrected chi connectivity index (χ4v) is 2.94. The maximum atomic E-state index is 11.7. The van der Waals surface area contributed by atoms with E-state index in [1.807, 2.05) is 0 Å². The summed E-state index contributed by atoms with van der Waals surface area (Å²) in [5, 5.41) is 19.4. The van der Waals surface area contributed by atoms with E-state index < -0.39 is 21.4 Å². The molecule has 0 unspecified atom stereocenters. The van der Waals surface area contributed by atoms with Gasteiger partial charge in [-0.15, -0.1) is 0 Å². The number of non-ortho nitro benzene ring substituents is 1. The number of aliphatic hydroxyl groups excluding tert-OH is 1. The van der Waals surface area contributed by atoms with Crippen molar-refractivity contribution < 1.29 is 18.4 Å².